The monoisotopic (exact) mass is 724 g/mol. The van der Waals surface area contributed by atoms with Gasteiger partial charge in [-0.15, -0.1) is 11.3 Å². The molecule has 51 heavy (non-hydrogen) atoms. The molecule has 2 atom stereocenters. The highest BCUT2D eigenvalue weighted by atomic mass is 35.5. The summed E-state index contributed by atoms with van der Waals surface area (Å²) in [5, 5.41) is 0.928. The second-order valence-electron chi connectivity index (χ2n) is 14.8. The van der Waals surface area contributed by atoms with Crippen LogP contribution in [0.25, 0.3) is 44.7 Å². The van der Waals surface area contributed by atoms with Crippen molar-refractivity contribution in [3.05, 3.63) is 87.6 Å². The third-order valence-corrected chi connectivity index (χ3v) is 11.5. The Labute approximate surface area is 303 Å². The molecule has 9 rings (SSSR count). The topological polar surface area (TPSA) is 101 Å². The van der Waals surface area contributed by atoms with Crippen LogP contribution in [-0.4, -0.2) is 47.6 Å². The minimum Gasteiger partial charge on any atom is -0.464 e. The number of likely N-dealkylation sites (tertiary alicyclic amines) is 1. The Morgan fingerprint density at radius 2 is 1.73 bits per heavy atom. The predicted molar refractivity (Wildman–Crippen MR) is 197 cm³/mol. The van der Waals surface area contributed by atoms with E-state index in [1.807, 2.05) is 63.4 Å². The lowest BCUT2D eigenvalue weighted by atomic mass is 10.0. The number of hydrogen-bond acceptors (Lipinski definition) is 6. The van der Waals surface area contributed by atoms with Gasteiger partial charge in [0.25, 0.3) is 0 Å². The maximum atomic E-state index is 16.3. The first-order valence-electron chi connectivity index (χ1n) is 17.6. The molecule has 6 aromatic rings. The molecule has 0 bridgehead atoms. The van der Waals surface area contributed by atoms with E-state index in [1.54, 1.807) is 17.2 Å². The number of halogens is 2. The Bertz CT molecular complexity index is 2290. The number of carbonyl (C=O) groups is 1. The average Bonchev–Trinajstić information content (AvgIpc) is 3.94. The quantitative estimate of drug-likeness (QED) is 0.184. The summed E-state index contributed by atoms with van der Waals surface area (Å²) in [6.07, 6.45) is 9.10. The lowest BCUT2D eigenvalue weighted by Gasteiger charge is -2.30. The minimum atomic E-state index is -0.575. The maximum absolute atomic E-state index is 16.3. The number of thiophene rings is 1. The summed E-state index contributed by atoms with van der Waals surface area (Å²) in [6, 6.07) is 15.3. The molecule has 4 aromatic heterocycles. The summed E-state index contributed by atoms with van der Waals surface area (Å²) in [6.45, 7) is 6.24. The van der Waals surface area contributed by atoms with Crippen molar-refractivity contribution in [2.24, 2.45) is 0 Å². The van der Waals surface area contributed by atoms with Gasteiger partial charge in [-0.1, -0.05) is 30.5 Å². The van der Waals surface area contributed by atoms with Crippen molar-refractivity contribution in [2.75, 3.05) is 6.54 Å². The van der Waals surface area contributed by atoms with E-state index in [0.717, 1.165) is 75.8 Å². The van der Waals surface area contributed by atoms with Gasteiger partial charge in [-0.05, 0) is 88.9 Å². The average molecular weight is 725 g/mol. The molecule has 2 fully saturated rings. The highest BCUT2D eigenvalue weighted by molar-refractivity contribution is 7.16. The Morgan fingerprint density at radius 3 is 2.49 bits per heavy atom. The highest BCUT2D eigenvalue weighted by Crippen LogP contribution is 2.48. The third-order valence-electron chi connectivity index (χ3n) is 10.2. The van der Waals surface area contributed by atoms with Crippen molar-refractivity contribution in [3.8, 4) is 39.5 Å². The molecule has 1 amide bonds. The zero-order chi connectivity index (χ0) is 35.0. The fourth-order valence-electron chi connectivity index (χ4n) is 7.88. The van der Waals surface area contributed by atoms with Gasteiger partial charge in [0, 0.05) is 29.0 Å². The molecule has 2 aromatic carbocycles. The van der Waals surface area contributed by atoms with Crippen LogP contribution in [0, 0.1) is 5.82 Å². The molecule has 6 heterocycles. The van der Waals surface area contributed by atoms with Gasteiger partial charge in [0.05, 0.1) is 55.8 Å². The van der Waals surface area contributed by atoms with Gasteiger partial charge in [-0.25, -0.2) is 19.2 Å². The van der Waals surface area contributed by atoms with Crippen LogP contribution in [0.4, 0.5) is 9.18 Å². The van der Waals surface area contributed by atoms with E-state index in [2.05, 4.69) is 25.6 Å². The van der Waals surface area contributed by atoms with Gasteiger partial charge in [0.2, 0.25) is 6.23 Å². The van der Waals surface area contributed by atoms with E-state index in [4.69, 9.17) is 26.1 Å². The molecule has 1 unspecified atom stereocenters. The highest BCUT2D eigenvalue weighted by Gasteiger charge is 2.36. The van der Waals surface area contributed by atoms with Crippen molar-refractivity contribution >= 4 is 39.9 Å². The maximum Gasteiger partial charge on any atom is 0.410 e. The summed E-state index contributed by atoms with van der Waals surface area (Å²) in [5.41, 5.74) is 4.70. The summed E-state index contributed by atoms with van der Waals surface area (Å²) in [4.78, 5) is 31.9. The Kier molecular flexibility index (Phi) is 7.77. The molecule has 9 nitrogen and oxygen atoms in total. The number of fused-ring (bicyclic) bond motifs is 5. The second-order valence-corrected chi connectivity index (χ2v) is 16.5. The van der Waals surface area contributed by atoms with Crippen LogP contribution < -0.4 is 4.74 Å². The van der Waals surface area contributed by atoms with Gasteiger partial charge in [0.1, 0.15) is 28.8 Å². The van der Waals surface area contributed by atoms with Gasteiger partial charge in [-0.3, -0.25) is 9.47 Å². The second kappa shape index (κ2) is 12.3. The van der Waals surface area contributed by atoms with E-state index in [0.29, 0.717) is 33.7 Å². The van der Waals surface area contributed by atoms with Crippen molar-refractivity contribution in [2.45, 2.75) is 83.1 Å². The molecule has 0 spiro atoms. The third kappa shape index (κ3) is 5.80. The fraction of sp³-hybridized carbons (Fsp3) is 0.359. The standard InChI is InChI=1S/C39H38ClFN6O3S/c1-39(2,3)50-38(48)46-14-6-9-29(46)36-43-19-26(45-36)22-10-11-28-24(15-22)17-30-34-25(41)16-23(27-20-42-35(44-27)21-7-4-5-8-21)18-31(34)49-37(47(28)30)32-12-13-33(40)51-32/h10-13,15-21,29,37H,4-9,14H2,1-3H3,(H,42,44)(H,43,45)/t29-,37?/m0/s1. The van der Waals surface area contributed by atoms with Crippen molar-refractivity contribution in [3.63, 3.8) is 0 Å². The number of rotatable bonds is 5. The SMILES string of the molecule is CC(C)(C)OC(=O)N1CCC[C@H]1c1ncc(-c2ccc3c(c2)cc2n3C(c3ccc(Cl)s3)Oc3cc(-c4cnc(C5CCCC5)[nH]4)cc(F)c3-2)[nH]1. The smallest absolute Gasteiger partial charge is 0.410 e. The van der Waals surface area contributed by atoms with Crippen LogP contribution in [0.1, 0.15) is 94.0 Å². The number of hydrogen-bond donors (Lipinski definition) is 2. The molecule has 1 saturated heterocycles. The van der Waals surface area contributed by atoms with Crippen LogP contribution in [0.5, 0.6) is 5.75 Å². The van der Waals surface area contributed by atoms with Crippen LogP contribution in [0.3, 0.4) is 0 Å². The summed E-state index contributed by atoms with van der Waals surface area (Å²) in [5.74, 6) is 2.23. The first-order chi connectivity index (χ1) is 24.6. The summed E-state index contributed by atoms with van der Waals surface area (Å²) in [7, 11) is 0. The van der Waals surface area contributed by atoms with Crippen molar-refractivity contribution in [1.29, 1.82) is 0 Å². The number of imidazole rings is 2. The molecule has 2 aliphatic heterocycles. The zero-order valence-corrected chi connectivity index (χ0v) is 30.2. The number of benzene rings is 2. The first kappa shape index (κ1) is 32.3. The summed E-state index contributed by atoms with van der Waals surface area (Å²) < 4.78 is 31.4. The molecule has 12 heteroatoms. The Morgan fingerprint density at radius 1 is 0.961 bits per heavy atom. The van der Waals surface area contributed by atoms with Gasteiger partial charge >= 0.3 is 6.09 Å². The number of nitrogens with one attached hydrogen (secondary N) is 2. The largest absolute Gasteiger partial charge is 0.464 e. The Balaban J connectivity index is 1.08. The van der Waals surface area contributed by atoms with Crippen LogP contribution >= 0.6 is 22.9 Å². The summed E-state index contributed by atoms with van der Waals surface area (Å²) >= 11 is 7.87. The van der Waals surface area contributed by atoms with Crippen molar-refractivity contribution in [1.82, 2.24) is 29.4 Å². The lowest BCUT2D eigenvalue weighted by Crippen LogP contribution is -2.36. The molecule has 0 radical (unpaired) electrons. The first-order valence-corrected chi connectivity index (χ1v) is 18.8. The van der Waals surface area contributed by atoms with E-state index in [9.17, 15) is 4.79 Å². The number of aromatic amines is 2. The predicted octanol–water partition coefficient (Wildman–Crippen LogP) is 10.6. The number of ether oxygens (including phenoxy) is 2. The van der Waals surface area contributed by atoms with Crippen LogP contribution in [0.15, 0.2) is 60.9 Å². The fourth-order valence-corrected chi connectivity index (χ4v) is 8.96. The van der Waals surface area contributed by atoms with Crippen LogP contribution in [-0.2, 0) is 4.74 Å². The van der Waals surface area contributed by atoms with Gasteiger partial charge < -0.3 is 19.4 Å². The number of aromatic nitrogens is 5. The molecular weight excluding hydrogens is 687 g/mol. The molecule has 2 N–H and O–H groups in total. The van der Waals surface area contributed by atoms with Crippen molar-refractivity contribution < 1.29 is 18.7 Å². The van der Waals surface area contributed by atoms with Gasteiger partial charge in [0.15, 0.2) is 0 Å². The van der Waals surface area contributed by atoms with Crippen LogP contribution in [0.2, 0.25) is 4.34 Å². The molecule has 3 aliphatic rings. The Hall–Kier alpha value is -4.61. The van der Waals surface area contributed by atoms with E-state index < -0.39 is 11.8 Å². The van der Waals surface area contributed by atoms with Gasteiger partial charge in [-0.2, -0.15) is 0 Å². The minimum absolute atomic E-state index is 0.185. The van der Waals surface area contributed by atoms with E-state index in [1.165, 1.54) is 24.2 Å². The lowest BCUT2D eigenvalue weighted by molar-refractivity contribution is 0.0218. The van der Waals surface area contributed by atoms with E-state index in [-0.39, 0.29) is 18.0 Å². The molecule has 262 valence electrons. The number of carbonyl (C=O) groups excluding carboxylic acids is 1. The normalized spacial score (nSPS) is 19.0. The van der Waals surface area contributed by atoms with E-state index >= 15 is 4.39 Å². The zero-order valence-electron chi connectivity index (χ0n) is 28.6. The number of nitrogens with zero attached hydrogens (tertiary/aromatic N) is 4. The molecule has 1 saturated carbocycles. The number of H-pyrrole nitrogens is 2. The molecular formula is C39H38ClFN6O3S. The molecule has 1 aliphatic carbocycles. The number of amides is 1.